The third kappa shape index (κ3) is 2.16. The highest BCUT2D eigenvalue weighted by molar-refractivity contribution is 6.32. The van der Waals surface area contributed by atoms with Crippen molar-refractivity contribution in [2.75, 3.05) is 7.11 Å². The normalized spacial score (nSPS) is 19.3. The molecule has 1 aliphatic heterocycles. The van der Waals surface area contributed by atoms with Crippen LogP contribution in [0.5, 0.6) is 0 Å². The van der Waals surface area contributed by atoms with E-state index in [1.54, 1.807) is 0 Å². The zero-order valence-corrected chi connectivity index (χ0v) is 9.14. The van der Waals surface area contributed by atoms with Crippen LogP contribution in [0.25, 0.3) is 0 Å². The average molecular weight is 213 g/mol. The molecular formula is C12H12BNO2. The molecule has 1 atom stereocenters. The minimum atomic E-state index is -0.336. The highest BCUT2D eigenvalue weighted by atomic mass is 16.5. The lowest BCUT2D eigenvalue weighted by Gasteiger charge is -2.02. The Labute approximate surface area is 95.9 Å². The maximum absolute atomic E-state index is 11.3. The van der Waals surface area contributed by atoms with Crippen LogP contribution in [0.2, 0.25) is 0 Å². The summed E-state index contributed by atoms with van der Waals surface area (Å²) < 4.78 is 4.67. The topological polar surface area (TPSA) is 38.7 Å². The molecule has 4 heteroatoms. The van der Waals surface area contributed by atoms with Crippen LogP contribution in [-0.2, 0) is 9.53 Å². The predicted octanol–water partition coefficient (Wildman–Crippen LogP) is 0.605. The average Bonchev–Trinajstić information content (AvgIpc) is 2.78. The van der Waals surface area contributed by atoms with E-state index >= 15 is 0 Å². The van der Waals surface area contributed by atoms with Gasteiger partial charge in [-0.05, 0) is 18.4 Å². The lowest BCUT2D eigenvalue weighted by molar-refractivity contribution is -0.141. The molecule has 0 aliphatic carbocycles. The molecule has 0 aromatic heterocycles. The molecule has 0 fully saturated rings. The van der Waals surface area contributed by atoms with E-state index in [9.17, 15) is 4.79 Å². The quantitative estimate of drug-likeness (QED) is 0.533. The van der Waals surface area contributed by atoms with Crippen LogP contribution in [-0.4, -0.2) is 32.7 Å². The molecule has 0 saturated heterocycles. The van der Waals surface area contributed by atoms with E-state index in [1.165, 1.54) is 7.11 Å². The number of methoxy groups -OCH3 is 1. The second-order valence-corrected chi connectivity index (χ2v) is 3.78. The van der Waals surface area contributed by atoms with Gasteiger partial charge in [-0.25, -0.2) is 4.79 Å². The number of esters is 1. The van der Waals surface area contributed by atoms with E-state index in [0.29, 0.717) is 0 Å². The number of nitrogens with zero attached hydrogens (tertiary/aromatic N) is 1. The van der Waals surface area contributed by atoms with E-state index in [0.717, 1.165) is 29.6 Å². The molecule has 80 valence electrons. The van der Waals surface area contributed by atoms with Gasteiger partial charge in [-0.3, -0.25) is 4.99 Å². The largest absolute Gasteiger partial charge is 0.467 e. The van der Waals surface area contributed by atoms with Crippen molar-refractivity contribution in [3.63, 3.8) is 0 Å². The van der Waals surface area contributed by atoms with Crippen molar-refractivity contribution in [1.29, 1.82) is 0 Å². The molecule has 0 unspecified atom stereocenters. The van der Waals surface area contributed by atoms with Gasteiger partial charge in [0.15, 0.2) is 0 Å². The van der Waals surface area contributed by atoms with Gasteiger partial charge in [-0.15, -0.1) is 0 Å². The fraction of sp³-hybridized carbons (Fsp3) is 0.333. The molecule has 1 heterocycles. The summed E-state index contributed by atoms with van der Waals surface area (Å²) in [5.74, 6) is -0.259. The molecule has 0 saturated carbocycles. The van der Waals surface area contributed by atoms with Crippen molar-refractivity contribution >= 4 is 25.0 Å². The fourth-order valence-corrected chi connectivity index (χ4v) is 1.79. The van der Waals surface area contributed by atoms with Gasteiger partial charge in [0.2, 0.25) is 0 Å². The van der Waals surface area contributed by atoms with Crippen LogP contribution < -0.4 is 5.46 Å². The zero-order valence-electron chi connectivity index (χ0n) is 9.14. The van der Waals surface area contributed by atoms with Crippen LogP contribution in [0.15, 0.2) is 29.3 Å². The first kappa shape index (κ1) is 10.9. The van der Waals surface area contributed by atoms with Gasteiger partial charge in [0.25, 0.3) is 0 Å². The Bertz CT molecular complexity index is 425. The summed E-state index contributed by atoms with van der Waals surface area (Å²) in [6, 6.07) is 7.19. The number of carbonyl (C=O) groups is 1. The Kier molecular flexibility index (Phi) is 3.08. The number of aliphatic imine (C=N–C) groups is 1. The van der Waals surface area contributed by atoms with Gasteiger partial charge in [-0.1, -0.05) is 29.7 Å². The van der Waals surface area contributed by atoms with E-state index in [1.807, 2.05) is 24.3 Å². The summed E-state index contributed by atoms with van der Waals surface area (Å²) in [5.41, 5.74) is 2.71. The summed E-state index contributed by atoms with van der Waals surface area (Å²) >= 11 is 0. The van der Waals surface area contributed by atoms with Crippen LogP contribution in [0.4, 0.5) is 0 Å². The third-order valence-electron chi connectivity index (χ3n) is 2.68. The van der Waals surface area contributed by atoms with Crippen molar-refractivity contribution in [2.45, 2.75) is 18.9 Å². The molecule has 1 aromatic carbocycles. The van der Waals surface area contributed by atoms with Crippen LogP contribution in [0.1, 0.15) is 18.4 Å². The number of rotatable bonds is 2. The van der Waals surface area contributed by atoms with Crippen LogP contribution in [0.3, 0.4) is 0 Å². The number of hydrogen-bond acceptors (Lipinski definition) is 3. The Morgan fingerprint density at radius 1 is 1.44 bits per heavy atom. The molecule has 16 heavy (non-hydrogen) atoms. The van der Waals surface area contributed by atoms with Gasteiger partial charge < -0.3 is 4.74 Å². The van der Waals surface area contributed by atoms with E-state index in [2.05, 4.69) is 9.73 Å². The minimum absolute atomic E-state index is 0.259. The number of benzene rings is 1. The summed E-state index contributed by atoms with van der Waals surface area (Å²) in [4.78, 5) is 15.7. The Morgan fingerprint density at radius 3 is 2.75 bits per heavy atom. The van der Waals surface area contributed by atoms with Crippen LogP contribution in [0, 0.1) is 0 Å². The van der Waals surface area contributed by atoms with Crippen molar-refractivity contribution in [2.24, 2.45) is 4.99 Å². The van der Waals surface area contributed by atoms with Gasteiger partial charge in [0.1, 0.15) is 13.9 Å². The van der Waals surface area contributed by atoms with Gasteiger partial charge in [0.05, 0.1) is 7.11 Å². The monoisotopic (exact) mass is 213 g/mol. The number of carbonyl (C=O) groups excluding carboxylic acids is 1. The first-order chi connectivity index (χ1) is 7.70. The van der Waals surface area contributed by atoms with Gasteiger partial charge in [-0.2, -0.15) is 0 Å². The van der Waals surface area contributed by atoms with Gasteiger partial charge >= 0.3 is 5.97 Å². The van der Waals surface area contributed by atoms with Crippen LogP contribution >= 0.6 is 0 Å². The summed E-state index contributed by atoms with van der Waals surface area (Å²) in [5, 5.41) is 0. The summed E-state index contributed by atoms with van der Waals surface area (Å²) in [7, 11) is 7.00. The first-order valence-corrected chi connectivity index (χ1v) is 5.21. The third-order valence-corrected chi connectivity index (χ3v) is 2.68. The van der Waals surface area contributed by atoms with Crippen molar-refractivity contribution in [3.8, 4) is 0 Å². The molecule has 0 bridgehead atoms. The molecular weight excluding hydrogens is 201 g/mol. The summed E-state index contributed by atoms with van der Waals surface area (Å²) in [6.07, 6.45) is 1.54. The number of hydrogen-bond donors (Lipinski definition) is 0. The highest BCUT2D eigenvalue weighted by Gasteiger charge is 2.25. The Hall–Kier alpha value is -1.58. The molecule has 2 rings (SSSR count). The minimum Gasteiger partial charge on any atom is -0.467 e. The second-order valence-electron chi connectivity index (χ2n) is 3.78. The predicted molar refractivity (Wildman–Crippen MR) is 63.4 cm³/mol. The van der Waals surface area contributed by atoms with E-state index < -0.39 is 0 Å². The van der Waals surface area contributed by atoms with E-state index in [4.69, 9.17) is 7.85 Å². The van der Waals surface area contributed by atoms with Crippen molar-refractivity contribution in [1.82, 2.24) is 0 Å². The van der Waals surface area contributed by atoms with E-state index in [-0.39, 0.29) is 12.0 Å². The smallest absolute Gasteiger partial charge is 0.330 e. The maximum atomic E-state index is 11.3. The summed E-state index contributed by atoms with van der Waals surface area (Å²) in [6.45, 7) is 0. The first-order valence-electron chi connectivity index (χ1n) is 5.21. The number of ether oxygens (including phenoxy) is 1. The molecule has 1 aromatic rings. The SMILES string of the molecule is [B]c1ccc(C2=N[C@H](C(=O)OC)CC2)cc1. The maximum Gasteiger partial charge on any atom is 0.330 e. The van der Waals surface area contributed by atoms with Gasteiger partial charge in [0, 0.05) is 5.71 Å². The molecule has 1 aliphatic rings. The molecule has 0 N–H and O–H groups in total. The second kappa shape index (κ2) is 4.52. The fourth-order valence-electron chi connectivity index (χ4n) is 1.79. The van der Waals surface area contributed by atoms with Crippen molar-refractivity contribution in [3.05, 3.63) is 29.8 Å². The van der Waals surface area contributed by atoms with Crippen molar-refractivity contribution < 1.29 is 9.53 Å². The molecule has 2 radical (unpaired) electrons. The Morgan fingerprint density at radius 2 is 2.12 bits per heavy atom. The highest BCUT2D eigenvalue weighted by Crippen LogP contribution is 2.18. The lowest BCUT2D eigenvalue weighted by Crippen LogP contribution is -2.16. The Balaban J connectivity index is 2.17. The molecule has 0 spiro atoms. The zero-order chi connectivity index (χ0) is 11.5. The molecule has 3 nitrogen and oxygen atoms in total. The standard InChI is InChI=1S/C12H12BNO2/c1-16-12(15)11-7-6-10(14-11)8-2-4-9(13)5-3-8/h2-5,11H,6-7H2,1H3/t11-/m0/s1. The molecule has 0 amide bonds. The lowest BCUT2D eigenvalue weighted by atomic mass is 9.94.